The number of allylic oxidation sites excluding steroid dienone is 1. The first-order chi connectivity index (χ1) is 25.2. The molecule has 0 aliphatic rings. The maximum absolute atomic E-state index is 2.35. The van der Waals surface area contributed by atoms with Gasteiger partial charge in [0.2, 0.25) is 0 Å². The van der Waals surface area contributed by atoms with Crippen LogP contribution in [0.4, 0.5) is 17.1 Å². The minimum absolute atomic E-state index is 1.11. The standard InChI is InChI=1S/C48H37N.C2H6/c1-3-11-43-34(2)12-8-19-44(43)37-22-28-40(29-23-37)49(41-30-24-38(25-31-41)47-20-9-15-35-13-4-6-17-45(35)47)42-32-26-39(27-33-42)48-21-10-16-36-14-5-7-18-46(36)48;1-2/h3-33H,1-2H3;1-2H3/b11-3-;. The summed E-state index contributed by atoms with van der Waals surface area (Å²) in [6.07, 6.45) is 4.33. The van der Waals surface area contributed by atoms with Crippen molar-refractivity contribution in [3.05, 3.63) is 193 Å². The number of aryl methyl sites for hydroxylation is 1. The lowest BCUT2D eigenvalue weighted by Gasteiger charge is -2.26. The van der Waals surface area contributed by atoms with Crippen LogP contribution in [0.1, 0.15) is 31.9 Å². The molecule has 1 nitrogen and oxygen atoms in total. The zero-order valence-electron chi connectivity index (χ0n) is 29.8. The summed E-state index contributed by atoms with van der Waals surface area (Å²) in [5.41, 5.74) is 13.2. The lowest BCUT2D eigenvalue weighted by molar-refractivity contribution is 1.28. The number of hydrogen-bond donors (Lipinski definition) is 0. The van der Waals surface area contributed by atoms with Crippen LogP contribution in [0.3, 0.4) is 0 Å². The Hall–Kier alpha value is -6.18. The number of nitrogens with zero attached hydrogens (tertiary/aromatic N) is 1. The Morgan fingerprint density at radius 1 is 0.392 bits per heavy atom. The molecule has 0 spiro atoms. The Morgan fingerprint density at radius 2 is 0.765 bits per heavy atom. The van der Waals surface area contributed by atoms with Gasteiger partial charge in [-0.3, -0.25) is 0 Å². The Balaban J connectivity index is 0.00000200. The molecule has 8 rings (SSSR count). The Morgan fingerprint density at radius 3 is 1.22 bits per heavy atom. The van der Waals surface area contributed by atoms with Crippen molar-refractivity contribution in [2.75, 3.05) is 4.90 Å². The van der Waals surface area contributed by atoms with Crippen LogP contribution < -0.4 is 4.90 Å². The van der Waals surface area contributed by atoms with Gasteiger partial charge in [-0.1, -0.05) is 166 Å². The molecule has 0 aromatic heterocycles. The monoisotopic (exact) mass is 657 g/mol. The highest BCUT2D eigenvalue weighted by atomic mass is 15.1. The highest BCUT2D eigenvalue weighted by Gasteiger charge is 2.15. The SMILES string of the molecule is C/C=C\c1c(C)cccc1-c1ccc(N(c2ccc(-c3cccc4ccccc34)cc2)c2ccc(-c3cccc4ccccc34)cc2)cc1.CC. The van der Waals surface area contributed by atoms with E-state index in [9.17, 15) is 0 Å². The third kappa shape index (κ3) is 6.72. The van der Waals surface area contributed by atoms with Crippen molar-refractivity contribution in [1.29, 1.82) is 0 Å². The van der Waals surface area contributed by atoms with Crippen LogP contribution in [0.15, 0.2) is 182 Å². The summed E-state index contributed by atoms with van der Waals surface area (Å²) in [7, 11) is 0. The number of benzene rings is 8. The summed E-state index contributed by atoms with van der Waals surface area (Å²) in [4.78, 5) is 2.35. The summed E-state index contributed by atoms with van der Waals surface area (Å²) >= 11 is 0. The molecule has 0 amide bonds. The van der Waals surface area contributed by atoms with Gasteiger partial charge in [0, 0.05) is 17.1 Å². The molecule has 0 unspecified atom stereocenters. The van der Waals surface area contributed by atoms with Crippen LogP contribution in [0.2, 0.25) is 0 Å². The summed E-state index contributed by atoms with van der Waals surface area (Å²) in [6, 6.07) is 63.8. The van der Waals surface area contributed by atoms with E-state index in [2.05, 4.69) is 207 Å². The van der Waals surface area contributed by atoms with Gasteiger partial charge in [-0.25, -0.2) is 0 Å². The number of fused-ring (bicyclic) bond motifs is 2. The quantitative estimate of drug-likeness (QED) is 0.165. The first-order valence-corrected chi connectivity index (χ1v) is 18.0. The van der Waals surface area contributed by atoms with Crippen molar-refractivity contribution in [3.8, 4) is 33.4 Å². The molecule has 0 fully saturated rings. The van der Waals surface area contributed by atoms with Gasteiger partial charge < -0.3 is 4.90 Å². The molecule has 0 saturated heterocycles. The third-order valence-electron chi connectivity index (χ3n) is 9.55. The molecule has 8 aromatic carbocycles. The normalized spacial score (nSPS) is 11.1. The van der Waals surface area contributed by atoms with Crippen molar-refractivity contribution in [2.24, 2.45) is 0 Å². The second kappa shape index (κ2) is 15.2. The molecular formula is C50H43N. The summed E-state index contributed by atoms with van der Waals surface area (Å²) < 4.78 is 0. The molecule has 0 heterocycles. The molecule has 248 valence electrons. The topological polar surface area (TPSA) is 3.24 Å². The molecule has 0 aliphatic carbocycles. The molecule has 0 saturated carbocycles. The minimum Gasteiger partial charge on any atom is -0.311 e. The van der Waals surface area contributed by atoms with Gasteiger partial charge in [0.25, 0.3) is 0 Å². The number of rotatable bonds is 7. The maximum Gasteiger partial charge on any atom is 0.0462 e. The van der Waals surface area contributed by atoms with Gasteiger partial charge in [-0.15, -0.1) is 0 Å². The van der Waals surface area contributed by atoms with Crippen molar-refractivity contribution in [2.45, 2.75) is 27.7 Å². The van der Waals surface area contributed by atoms with E-state index in [0.717, 1.165) is 17.1 Å². The van der Waals surface area contributed by atoms with E-state index in [0.29, 0.717) is 0 Å². The molecule has 0 N–H and O–H groups in total. The van der Waals surface area contributed by atoms with Crippen LogP contribution in [-0.4, -0.2) is 0 Å². The van der Waals surface area contributed by atoms with Crippen LogP contribution in [0, 0.1) is 6.92 Å². The van der Waals surface area contributed by atoms with Crippen molar-refractivity contribution >= 4 is 44.7 Å². The van der Waals surface area contributed by atoms with Crippen molar-refractivity contribution < 1.29 is 0 Å². The summed E-state index contributed by atoms with van der Waals surface area (Å²) in [6.45, 7) is 8.26. The summed E-state index contributed by atoms with van der Waals surface area (Å²) in [5.74, 6) is 0. The second-order valence-corrected chi connectivity index (χ2v) is 12.6. The average Bonchev–Trinajstić information content (AvgIpc) is 3.20. The minimum atomic E-state index is 1.11. The Kier molecular flexibility index (Phi) is 9.90. The largest absolute Gasteiger partial charge is 0.311 e. The lowest BCUT2D eigenvalue weighted by atomic mass is 9.95. The van der Waals surface area contributed by atoms with Crippen LogP contribution in [0.25, 0.3) is 61.0 Å². The fraction of sp³-hybridized carbons (Fsp3) is 0.0800. The van der Waals surface area contributed by atoms with Crippen LogP contribution >= 0.6 is 0 Å². The van der Waals surface area contributed by atoms with Gasteiger partial charge in [0.05, 0.1) is 0 Å². The van der Waals surface area contributed by atoms with Gasteiger partial charge in [0.15, 0.2) is 0 Å². The smallest absolute Gasteiger partial charge is 0.0462 e. The first-order valence-electron chi connectivity index (χ1n) is 18.0. The van der Waals surface area contributed by atoms with E-state index in [1.807, 2.05) is 13.8 Å². The van der Waals surface area contributed by atoms with E-state index >= 15 is 0 Å². The molecule has 0 radical (unpaired) electrons. The highest BCUT2D eigenvalue weighted by Crippen LogP contribution is 2.39. The molecule has 0 atom stereocenters. The van der Waals surface area contributed by atoms with E-state index < -0.39 is 0 Å². The number of hydrogen-bond acceptors (Lipinski definition) is 1. The van der Waals surface area contributed by atoms with Gasteiger partial charge in [0.1, 0.15) is 0 Å². The van der Waals surface area contributed by atoms with Crippen molar-refractivity contribution in [3.63, 3.8) is 0 Å². The predicted molar refractivity (Wildman–Crippen MR) is 223 cm³/mol. The lowest BCUT2D eigenvalue weighted by Crippen LogP contribution is -2.09. The predicted octanol–water partition coefficient (Wildman–Crippen LogP) is 14.8. The molecule has 0 aliphatic heterocycles. The molecular weight excluding hydrogens is 615 g/mol. The number of anilines is 3. The zero-order chi connectivity index (χ0) is 35.2. The maximum atomic E-state index is 2.35. The highest BCUT2D eigenvalue weighted by molar-refractivity contribution is 5.98. The average molecular weight is 658 g/mol. The molecule has 8 aromatic rings. The summed E-state index contributed by atoms with van der Waals surface area (Å²) in [5, 5.41) is 5.04. The van der Waals surface area contributed by atoms with Crippen LogP contribution in [0.5, 0.6) is 0 Å². The Bertz CT molecular complexity index is 2300. The third-order valence-corrected chi connectivity index (χ3v) is 9.55. The second-order valence-electron chi connectivity index (χ2n) is 12.6. The van der Waals surface area contributed by atoms with E-state index in [-0.39, 0.29) is 0 Å². The van der Waals surface area contributed by atoms with E-state index in [1.165, 1.54) is 66.1 Å². The van der Waals surface area contributed by atoms with E-state index in [4.69, 9.17) is 0 Å². The van der Waals surface area contributed by atoms with Gasteiger partial charge >= 0.3 is 0 Å². The first kappa shape index (κ1) is 33.3. The fourth-order valence-corrected chi connectivity index (χ4v) is 7.09. The van der Waals surface area contributed by atoms with Gasteiger partial charge in [-0.2, -0.15) is 0 Å². The van der Waals surface area contributed by atoms with Gasteiger partial charge in [-0.05, 0) is 116 Å². The fourth-order valence-electron chi connectivity index (χ4n) is 7.09. The molecule has 1 heteroatoms. The Labute approximate surface area is 302 Å². The van der Waals surface area contributed by atoms with E-state index in [1.54, 1.807) is 0 Å². The van der Waals surface area contributed by atoms with Crippen molar-refractivity contribution in [1.82, 2.24) is 0 Å². The zero-order valence-corrected chi connectivity index (χ0v) is 29.8. The molecule has 51 heavy (non-hydrogen) atoms. The van der Waals surface area contributed by atoms with Crippen LogP contribution in [-0.2, 0) is 0 Å². The molecule has 0 bridgehead atoms.